The van der Waals surface area contributed by atoms with E-state index < -0.39 is 0 Å². The number of para-hydroxylation sites is 2. The highest BCUT2D eigenvalue weighted by molar-refractivity contribution is 7.22. The molecule has 9 aromatic carbocycles. The maximum atomic E-state index is 5.47. The number of aromatic nitrogens is 6. The third kappa shape index (κ3) is 5.57. The minimum Gasteiger partial charge on any atom is -0.307 e. The van der Waals surface area contributed by atoms with Gasteiger partial charge in [0.25, 0.3) is 0 Å². The molecular weight excluding hydrogens is 789 g/mol. The molecule has 0 saturated heterocycles. The van der Waals surface area contributed by atoms with Crippen LogP contribution < -0.4 is 0 Å². The summed E-state index contributed by atoms with van der Waals surface area (Å²) in [6.07, 6.45) is 0. The van der Waals surface area contributed by atoms with Crippen molar-refractivity contribution in [2.45, 2.75) is 0 Å². The van der Waals surface area contributed by atoms with Crippen molar-refractivity contribution >= 4 is 75.9 Å². The van der Waals surface area contributed by atoms with Gasteiger partial charge in [0.05, 0.1) is 38.0 Å². The van der Waals surface area contributed by atoms with Crippen LogP contribution in [0, 0.1) is 0 Å². The Morgan fingerprint density at radius 1 is 0.333 bits per heavy atom. The van der Waals surface area contributed by atoms with E-state index >= 15 is 0 Å². The van der Waals surface area contributed by atoms with E-state index in [1.54, 1.807) is 11.3 Å². The fraction of sp³-hybridized carbons (Fsp3) is 0. The zero-order valence-electron chi connectivity index (χ0n) is 33.7. The van der Waals surface area contributed by atoms with Gasteiger partial charge in [-0.1, -0.05) is 176 Å². The van der Waals surface area contributed by atoms with Crippen LogP contribution in [0.25, 0.3) is 121 Å². The van der Waals surface area contributed by atoms with Gasteiger partial charge in [0.2, 0.25) is 5.95 Å². The molecule has 0 aliphatic heterocycles. The number of hydrogen-bond acceptors (Lipinski definition) is 5. The molecule has 0 unspecified atom stereocenters. The molecule has 4 heterocycles. The van der Waals surface area contributed by atoms with Crippen LogP contribution in [0.4, 0.5) is 0 Å². The van der Waals surface area contributed by atoms with Crippen LogP contribution in [-0.4, -0.2) is 29.1 Å². The van der Waals surface area contributed by atoms with Gasteiger partial charge in [-0.25, -0.2) is 9.97 Å². The van der Waals surface area contributed by atoms with Crippen molar-refractivity contribution in [2.24, 2.45) is 0 Å². The monoisotopic (exact) mass is 822 g/mol. The topological polar surface area (TPSA) is 61.4 Å². The Labute approximate surface area is 365 Å². The zero-order valence-corrected chi connectivity index (χ0v) is 34.5. The number of rotatable bonds is 6. The smallest absolute Gasteiger partial charge is 0.238 e. The lowest BCUT2D eigenvalue weighted by molar-refractivity contribution is 0.954. The summed E-state index contributed by atoms with van der Waals surface area (Å²) in [5, 5.41) is 7.89. The molecule has 0 atom stereocenters. The molecule has 0 N–H and O–H groups in total. The average Bonchev–Trinajstić information content (AvgIpc) is 4.05. The SMILES string of the molecule is c1ccc(-c2nc(-c3cccc4nc(-c5ccccc5)sc34)nc(-n3c4ccccc4c4ccc5c6ccccc6n(-c6ccc(-c7ccccc7)c7ccccc67)c5c43)n2)cc1. The van der Waals surface area contributed by atoms with E-state index in [0.29, 0.717) is 17.6 Å². The van der Waals surface area contributed by atoms with Crippen LogP contribution >= 0.6 is 11.3 Å². The molecule has 0 spiro atoms. The van der Waals surface area contributed by atoms with E-state index in [0.717, 1.165) is 75.8 Å². The van der Waals surface area contributed by atoms with Gasteiger partial charge >= 0.3 is 0 Å². The fourth-order valence-electron chi connectivity index (χ4n) is 9.44. The summed E-state index contributed by atoms with van der Waals surface area (Å²) in [6.45, 7) is 0. The molecule has 0 saturated carbocycles. The van der Waals surface area contributed by atoms with Crippen LogP contribution in [0.2, 0.25) is 0 Å². The first kappa shape index (κ1) is 35.5. The van der Waals surface area contributed by atoms with Gasteiger partial charge in [-0.2, -0.15) is 9.97 Å². The van der Waals surface area contributed by atoms with Crippen LogP contribution in [0.15, 0.2) is 206 Å². The maximum absolute atomic E-state index is 5.47. The molecule has 0 aliphatic rings. The number of benzene rings is 9. The summed E-state index contributed by atoms with van der Waals surface area (Å²) < 4.78 is 5.76. The van der Waals surface area contributed by atoms with Crippen LogP contribution in [0.1, 0.15) is 0 Å². The Hall–Kier alpha value is -8.26. The molecule has 63 heavy (non-hydrogen) atoms. The van der Waals surface area contributed by atoms with Crippen LogP contribution in [0.3, 0.4) is 0 Å². The van der Waals surface area contributed by atoms with Gasteiger partial charge in [0.1, 0.15) is 5.01 Å². The van der Waals surface area contributed by atoms with E-state index in [1.165, 1.54) is 27.3 Å². The lowest BCUT2D eigenvalue weighted by Gasteiger charge is -2.16. The summed E-state index contributed by atoms with van der Waals surface area (Å²) in [4.78, 5) is 21.2. The van der Waals surface area contributed by atoms with Crippen molar-refractivity contribution in [1.82, 2.24) is 29.1 Å². The molecule has 13 aromatic rings. The van der Waals surface area contributed by atoms with Crippen molar-refractivity contribution < 1.29 is 0 Å². The summed E-state index contributed by atoms with van der Waals surface area (Å²) in [7, 11) is 0. The molecule has 6 nitrogen and oxygen atoms in total. The van der Waals surface area contributed by atoms with Crippen molar-refractivity contribution in [1.29, 1.82) is 0 Å². The first-order valence-corrected chi connectivity index (χ1v) is 21.9. The minimum absolute atomic E-state index is 0.545. The predicted octanol–water partition coefficient (Wildman–Crippen LogP) is 14.5. The van der Waals surface area contributed by atoms with Crippen molar-refractivity contribution in [3.63, 3.8) is 0 Å². The Kier molecular flexibility index (Phi) is 7.98. The van der Waals surface area contributed by atoms with Crippen LogP contribution in [-0.2, 0) is 0 Å². The van der Waals surface area contributed by atoms with Gasteiger partial charge in [-0.15, -0.1) is 11.3 Å². The first-order valence-electron chi connectivity index (χ1n) is 21.1. The number of thiazole rings is 1. The summed E-state index contributed by atoms with van der Waals surface area (Å²) in [5.74, 6) is 1.74. The van der Waals surface area contributed by atoms with Crippen molar-refractivity contribution in [3.8, 4) is 56.1 Å². The summed E-state index contributed by atoms with van der Waals surface area (Å²) >= 11 is 1.66. The number of fused-ring (bicyclic) bond motifs is 9. The summed E-state index contributed by atoms with van der Waals surface area (Å²) in [5.41, 5.74) is 11.6. The normalized spacial score (nSPS) is 11.8. The molecule has 0 bridgehead atoms. The van der Waals surface area contributed by atoms with Gasteiger partial charge in [0.15, 0.2) is 11.6 Å². The van der Waals surface area contributed by atoms with E-state index in [9.17, 15) is 0 Å². The van der Waals surface area contributed by atoms with E-state index in [2.05, 4.69) is 185 Å². The number of nitrogens with zero attached hydrogens (tertiary/aromatic N) is 6. The van der Waals surface area contributed by atoms with Crippen molar-refractivity contribution in [2.75, 3.05) is 0 Å². The van der Waals surface area contributed by atoms with Crippen LogP contribution in [0.5, 0.6) is 0 Å². The Morgan fingerprint density at radius 3 is 1.59 bits per heavy atom. The lowest BCUT2D eigenvalue weighted by Crippen LogP contribution is -2.07. The molecule has 0 fully saturated rings. The maximum Gasteiger partial charge on any atom is 0.238 e. The van der Waals surface area contributed by atoms with Crippen molar-refractivity contribution in [3.05, 3.63) is 206 Å². The molecule has 13 rings (SSSR count). The van der Waals surface area contributed by atoms with Gasteiger partial charge < -0.3 is 4.57 Å². The van der Waals surface area contributed by atoms with Gasteiger partial charge in [-0.05, 0) is 46.8 Å². The van der Waals surface area contributed by atoms with Gasteiger partial charge in [-0.3, -0.25) is 4.57 Å². The summed E-state index contributed by atoms with van der Waals surface area (Å²) in [6, 6.07) is 72.7. The molecule has 0 aliphatic carbocycles. The van der Waals surface area contributed by atoms with Gasteiger partial charge in [0, 0.05) is 43.6 Å². The third-order valence-electron chi connectivity index (χ3n) is 12.2. The Balaban J connectivity index is 1.14. The molecule has 4 aromatic heterocycles. The first-order chi connectivity index (χ1) is 31.3. The highest BCUT2D eigenvalue weighted by Crippen LogP contribution is 2.44. The van der Waals surface area contributed by atoms with E-state index in [-0.39, 0.29) is 0 Å². The quantitative estimate of drug-likeness (QED) is 0.168. The zero-order chi connectivity index (χ0) is 41.4. The standard InChI is InChI=1S/C56H34N6S/c1-4-17-35(18-5-1)38-33-34-49(40-24-11-10-23-39(38)40)61-47-29-14-12-25-41(47)43-31-32-44-42-26-13-15-30-48(42)62(51(44)50(43)61)56-59-53(36-19-6-2-7-20-36)58-54(60-56)45-27-16-28-46-52(45)63-55(57-46)37-21-8-3-9-22-37/h1-34H. The predicted molar refractivity (Wildman–Crippen MR) is 261 cm³/mol. The Morgan fingerprint density at radius 2 is 0.889 bits per heavy atom. The highest BCUT2D eigenvalue weighted by Gasteiger charge is 2.25. The molecule has 0 amide bonds. The Bertz CT molecular complexity index is 3910. The molecule has 294 valence electrons. The second-order valence-corrected chi connectivity index (χ2v) is 16.8. The second kappa shape index (κ2) is 14.2. The number of hydrogen-bond donors (Lipinski definition) is 0. The molecule has 7 heteroatoms. The molecular formula is C56H34N6S. The molecule has 0 radical (unpaired) electrons. The average molecular weight is 823 g/mol. The van der Waals surface area contributed by atoms with E-state index in [4.69, 9.17) is 19.9 Å². The fourth-order valence-corrected chi connectivity index (χ4v) is 10.5. The second-order valence-electron chi connectivity index (χ2n) is 15.8. The minimum atomic E-state index is 0.545. The highest BCUT2D eigenvalue weighted by atomic mass is 32.1. The third-order valence-corrected chi connectivity index (χ3v) is 13.4. The van der Waals surface area contributed by atoms with E-state index in [1.807, 2.05) is 30.3 Å². The largest absolute Gasteiger partial charge is 0.307 e. The lowest BCUT2D eigenvalue weighted by atomic mass is 9.97.